The lowest BCUT2D eigenvalue weighted by Crippen LogP contribution is -2.57. The van der Waals surface area contributed by atoms with Crippen LogP contribution in [0.2, 0.25) is 0 Å². The third kappa shape index (κ3) is 2.90. The molecule has 0 bridgehead atoms. The fourth-order valence-electron chi connectivity index (χ4n) is 2.83. The highest BCUT2D eigenvalue weighted by atomic mass is 16.5. The largest absolute Gasteiger partial charge is 0.470 e. The summed E-state index contributed by atoms with van der Waals surface area (Å²) in [5, 5.41) is 9.05. The molecule has 3 aromatic rings. The maximum Gasteiger partial charge on any atom is 0.242 e. The topological polar surface area (TPSA) is 84.0 Å². The first-order valence-corrected chi connectivity index (χ1v) is 7.94. The Morgan fingerprint density at radius 3 is 2.92 bits per heavy atom. The Labute approximate surface area is 144 Å². The van der Waals surface area contributed by atoms with E-state index in [0.29, 0.717) is 24.5 Å². The second-order valence-electron chi connectivity index (χ2n) is 5.87. The molecular formula is C18H15N5O2. The van der Waals surface area contributed by atoms with E-state index in [4.69, 9.17) is 10.00 Å². The summed E-state index contributed by atoms with van der Waals surface area (Å²) in [4.78, 5) is 22.5. The van der Waals surface area contributed by atoms with Gasteiger partial charge in [0.15, 0.2) is 0 Å². The average molecular weight is 333 g/mol. The molecule has 0 atom stereocenters. The molecule has 1 aliphatic heterocycles. The second-order valence-corrected chi connectivity index (χ2v) is 5.87. The van der Waals surface area contributed by atoms with Crippen LogP contribution < -0.4 is 4.74 Å². The number of amides is 1. The van der Waals surface area contributed by atoms with Crippen molar-refractivity contribution >= 4 is 16.9 Å². The highest BCUT2D eigenvalue weighted by molar-refractivity contribution is 5.81. The van der Waals surface area contributed by atoms with Gasteiger partial charge < -0.3 is 14.2 Å². The molecular weight excluding hydrogens is 318 g/mol. The Hall–Kier alpha value is -3.40. The minimum absolute atomic E-state index is 0.0181. The minimum atomic E-state index is -0.134. The molecule has 0 radical (unpaired) electrons. The fourth-order valence-corrected chi connectivity index (χ4v) is 2.83. The molecule has 0 spiro atoms. The van der Waals surface area contributed by atoms with Gasteiger partial charge in [0.2, 0.25) is 11.8 Å². The van der Waals surface area contributed by atoms with Gasteiger partial charge in [0.1, 0.15) is 24.3 Å². The number of nitriles is 1. The van der Waals surface area contributed by atoms with Crippen molar-refractivity contribution in [1.29, 1.82) is 5.26 Å². The number of imidazole rings is 1. The number of aromatic nitrogens is 3. The first kappa shape index (κ1) is 15.1. The van der Waals surface area contributed by atoms with E-state index in [1.165, 1.54) is 0 Å². The molecule has 25 heavy (non-hydrogen) atoms. The van der Waals surface area contributed by atoms with Crippen LogP contribution in [0, 0.1) is 11.3 Å². The molecule has 124 valence electrons. The van der Waals surface area contributed by atoms with Crippen molar-refractivity contribution < 1.29 is 9.53 Å². The summed E-state index contributed by atoms with van der Waals surface area (Å²) in [5.74, 6) is 0.340. The van der Waals surface area contributed by atoms with E-state index in [0.717, 1.165) is 11.0 Å². The summed E-state index contributed by atoms with van der Waals surface area (Å²) in [6, 6.07) is 13.1. The van der Waals surface area contributed by atoms with Gasteiger partial charge >= 0.3 is 0 Å². The Kier molecular flexibility index (Phi) is 3.78. The molecule has 0 N–H and O–H groups in total. The Balaban J connectivity index is 1.36. The van der Waals surface area contributed by atoms with E-state index >= 15 is 0 Å². The number of carbonyl (C=O) groups is 1. The van der Waals surface area contributed by atoms with Gasteiger partial charge in [-0.2, -0.15) is 5.26 Å². The Bertz CT molecular complexity index is 969. The average Bonchev–Trinajstić information content (AvgIpc) is 3.01. The number of carbonyl (C=O) groups excluding carboxylic acids is 1. The number of likely N-dealkylation sites (tertiary alicyclic amines) is 1. The van der Waals surface area contributed by atoms with Crippen LogP contribution in [-0.4, -0.2) is 44.5 Å². The van der Waals surface area contributed by atoms with Crippen LogP contribution in [-0.2, 0) is 11.3 Å². The lowest BCUT2D eigenvalue weighted by molar-refractivity contribution is -0.140. The number of hydrogen-bond acceptors (Lipinski definition) is 5. The van der Waals surface area contributed by atoms with Crippen LogP contribution in [0.3, 0.4) is 0 Å². The highest BCUT2D eigenvalue weighted by Gasteiger charge is 2.33. The van der Waals surface area contributed by atoms with E-state index in [1.54, 1.807) is 29.6 Å². The van der Waals surface area contributed by atoms with E-state index in [1.807, 2.05) is 28.8 Å². The number of nitrogens with zero attached hydrogens (tertiary/aromatic N) is 5. The number of pyridine rings is 1. The third-order valence-corrected chi connectivity index (χ3v) is 4.20. The van der Waals surface area contributed by atoms with Gasteiger partial charge in [0, 0.05) is 6.20 Å². The Morgan fingerprint density at radius 2 is 2.08 bits per heavy atom. The van der Waals surface area contributed by atoms with Gasteiger partial charge in [-0.05, 0) is 24.3 Å². The summed E-state index contributed by atoms with van der Waals surface area (Å²) in [5.41, 5.74) is 2.22. The van der Waals surface area contributed by atoms with Crippen LogP contribution >= 0.6 is 0 Å². The molecule has 3 heterocycles. The SMILES string of the molecule is N#Cc1cccnc1OC1CN(C(=O)Cn2cnc3ccccc32)C1. The quantitative estimate of drug-likeness (QED) is 0.724. The molecule has 1 saturated heterocycles. The van der Waals surface area contributed by atoms with E-state index in [-0.39, 0.29) is 18.6 Å². The van der Waals surface area contributed by atoms with Crippen LogP contribution in [0.1, 0.15) is 5.56 Å². The van der Waals surface area contributed by atoms with Crippen LogP contribution in [0.4, 0.5) is 0 Å². The molecule has 1 aromatic carbocycles. The molecule has 4 rings (SSSR count). The number of para-hydroxylation sites is 2. The van der Waals surface area contributed by atoms with Crippen molar-refractivity contribution in [3.05, 3.63) is 54.5 Å². The van der Waals surface area contributed by atoms with Crippen molar-refractivity contribution in [2.75, 3.05) is 13.1 Å². The zero-order chi connectivity index (χ0) is 17.2. The van der Waals surface area contributed by atoms with Crippen LogP contribution in [0.15, 0.2) is 48.9 Å². The van der Waals surface area contributed by atoms with Gasteiger partial charge in [0.05, 0.1) is 30.5 Å². The first-order chi connectivity index (χ1) is 12.2. The van der Waals surface area contributed by atoms with Gasteiger partial charge in [-0.1, -0.05) is 12.1 Å². The van der Waals surface area contributed by atoms with Crippen molar-refractivity contribution in [3.63, 3.8) is 0 Å². The summed E-state index contributed by atoms with van der Waals surface area (Å²) < 4.78 is 7.56. The maximum absolute atomic E-state index is 12.4. The zero-order valence-electron chi connectivity index (χ0n) is 13.4. The lowest BCUT2D eigenvalue weighted by Gasteiger charge is -2.38. The van der Waals surface area contributed by atoms with Crippen LogP contribution in [0.5, 0.6) is 5.88 Å². The van der Waals surface area contributed by atoms with Gasteiger partial charge in [0.25, 0.3) is 0 Å². The summed E-state index contributed by atoms with van der Waals surface area (Å²) in [6.45, 7) is 1.24. The van der Waals surface area contributed by atoms with Crippen molar-refractivity contribution in [3.8, 4) is 11.9 Å². The predicted octanol–water partition coefficient (Wildman–Crippen LogP) is 1.59. The Morgan fingerprint density at radius 1 is 1.24 bits per heavy atom. The number of fused-ring (bicyclic) bond motifs is 1. The smallest absolute Gasteiger partial charge is 0.242 e. The maximum atomic E-state index is 12.4. The number of ether oxygens (including phenoxy) is 1. The van der Waals surface area contributed by atoms with Crippen molar-refractivity contribution in [2.45, 2.75) is 12.6 Å². The molecule has 1 fully saturated rings. The van der Waals surface area contributed by atoms with E-state index in [9.17, 15) is 4.79 Å². The van der Waals surface area contributed by atoms with Gasteiger partial charge in [-0.15, -0.1) is 0 Å². The standard InChI is InChI=1S/C18H15N5O2/c19-8-13-4-3-7-20-18(13)25-14-9-22(10-14)17(24)11-23-12-21-15-5-1-2-6-16(15)23/h1-7,12,14H,9-11H2. The van der Waals surface area contributed by atoms with Crippen molar-refractivity contribution in [2.24, 2.45) is 0 Å². The fraction of sp³-hybridized carbons (Fsp3) is 0.222. The summed E-state index contributed by atoms with van der Waals surface area (Å²) in [6.07, 6.45) is 3.14. The molecule has 7 nitrogen and oxygen atoms in total. The molecule has 0 aliphatic carbocycles. The number of benzene rings is 1. The van der Waals surface area contributed by atoms with Crippen molar-refractivity contribution in [1.82, 2.24) is 19.4 Å². The number of hydrogen-bond donors (Lipinski definition) is 0. The summed E-state index contributed by atoms with van der Waals surface area (Å²) in [7, 11) is 0. The van der Waals surface area contributed by atoms with E-state index in [2.05, 4.69) is 16.0 Å². The molecule has 0 unspecified atom stereocenters. The normalized spacial score (nSPS) is 14.1. The second kappa shape index (κ2) is 6.24. The molecule has 1 amide bonds. The zero-order valence-corrected chi connectivity index (χ0v) is 13.4. The van der Waals surface area contributed by atoms with Crippen LogP contribution in [0.25, 0.3) is 11.0 Å². The predicted molar refractivity (Wildman–Crippen MR) is 89.7 cm³/mol. The monoisotopic (exact) mass is 333 g/mol. The number of rotatable bonds is 4. The molecule has 2 aromatic heterocycles. The summed E-state index contributed by atoms with van der Waals surface area (Å²) >= 11 is 0. The molecule has 7 heteroatoms. The first-order valence-electron chi connectivity index (χ1n) is 7.94. The molecule has 1 aliphatic rings. The minimum Gasteiger partial charge on any atom is -0.470 e. The highest BCUT2D eigenvalue weighted by Crippen LogP contribution is 2.20. The lowest BCUT2D eigenvalue weighted by atomic mass is 10.1. The van der Waals surface area contributed by atoms with E-state index < -0.39 is 0 Å². The third-order valence-electron chi connectivity index (χ3n) is 4.20. The molecule has 0 saturated carbocycles. The van der Waals surface area contributed by atoms with Gasteiger partial charge in [-0.25, -0.2) is 9.97 Å². The van der Waals surface area contributed by atoms with Gasteiger partial charge in [-0.3, -0.25) is 4.79 Å².